The lowest BCUT2D eigenvalue weighted by Crippen LogP contribution is -2.03. The Balaban J connectivity index is 2.21. The number of hydrogen-bond acceptors (Lipinski definition) is 3. The van der Waals surface area contributed by atoms with Crippen LogP contribution in [0.2, 0.25) is 5.02 Å². The molecule has 0 spiro atoms. The maximum atomic E-state index is 10.8. The predicted octanol–water partition coefficient (Wildman–Crippen LogP) is 4.48. The summed E-state index contributed by atoms with van der Waals surface area (Å²) in [4.78, 5) is 10.3. The van der Waals surface area contributed by atoms with Crippen LogP contribution < -0.4 is 5.32 Å². The average Bonchev–Trinajstić information content (AvgIpc) is 2.40. The smallest absolute Gasteiger partial charge is 0.288 e. The van der Waals surface area contributed by atoms with E-state index >= 15 is 0 Å². The number of aryl methyl sites for hydroxylation is 2. The van der Waals surface area contributed by atoms with E-state index in [1.807, 2.05) is 38.1 Å². The van der Waals surface area contributed by atoms with Crippen molar-refractivity contribution in [2.45, 2.75) is 20.4 Å². The topological polar surface area (TPSA) is 55.2 Å². The van der Waals surface area contributed by atoms with Crippen LogP contribution in [0.25, 0.3) is 0 Å². The van der Waals surface area contributed by atoms with Crippen molar-refractivity contribution in [3.8, 4) is 0 Å². The van der Waals surface area contributed by atoms with E-state index in [0.29, 0.717) is 6.54 Å². The summed E-state index contributed by atoms with van der Waals surface area (Å²) in [5.74, 6) is 0. The second-order valence-corrected chi connectivity index (χ2v) is 5.06. The fourth-order valence-electron chi connectivity index (χ4n) is 2.00. The molecule has 0 amide bonds. The third-order valence-electron chi connectivity index (χ3n) is 3.22. The van der Waals surface area contributed by atoms with Gasteiger partial charge in [0.1, 0.15) is 5.02 Å². The lowest BCUT2D eigenvalue weighted by atomic mass is 10.1. The Morgan fingerprint density at radius 2 is 1.90 bits per heavy atom. The Morgan fingerprint density at radius 3 is 2.55 bits per heavy atom. The second-order valence-electron chi connectivity index (χ2n) is 4.66. The molecule has 0 aromatic heterocycles. The van der Waals surface area contributed by atoms with E-state index in [2.05, 4.69) is 5.32 Å². The molecule has 1 N–H and O–H groups in total. The monoisotopic (exact) mass is 290 g/mol. The van der Waals surface area contributed by atoms with Gasteiger partial charge in [0.2, 0.25) is 0 Å². The molecule has 2 aromatic carbocycles. The van der Waals surface area contributed by atoms with Gasteiger partial charge in [0.25, 0.3) is 5.69 Å². The van der Waals surface area contributed by atoms with Gasteiger partial charge in [-0.2, -0.15) is 0 Å². The summed E-state index contributed by atoms with van der Waals surface area (Å²) < 4.78 is 0. The van der Waals surface area contributed by atoms with Gasteiger partial charge in [0.15, 0.2) is 0 Å². The van der Waals surface area contributed by atoms with Crippen molar-refractivity contribution in [2.75, 3.05) is 5.32 Å². The number of nitro groups is 1. The summed E-state index contributed by atoms with van der Waals surface area (Å²) in [6, 6.07) is 11.2. The van der Waals surface area contributed by atoms with Crippen LogP contribution in [-0.4, -0.2) is 4.92 Å². The molecule has 0 fully saturated rings. The summed E-state index contributed by atoms with van der Waals surface area (Å²) in [5.41, 5.74) is 3.93. The summed E-state index contributed by atoms with van der Waals surface area (Å²) in [7, 11) is 0. The molecule has 0 radical (unpaired) electrons. The van der Waals surface area contributed by atoms with Crippen molar-refractivity contribution in [1.29, 1.82) is 0 Å². The summed E-state index contributed by atoms with van der Waals surface area (Å²) in [6.07, 6.45) is 0. The fourth-order valence-corrected chi connectivity index (χ4v) is 2.23. The molecule has 0 unspecified atom stereocenters. The summed E-state index contributed by atoms with van der Waals surface area (Å²) in [6.45, 7) is 4.53. The van der Waals surface area contributed by atoms with Crippen molar-refractivity contribution < 1.29 is 4.92 Å². The van der Waals surface area contributed by atoms with Crippen LogP contribution in [0.3, 0.4) is 0 Å². The lowest BCUT2D eigenvalue weighted by molar-refractivity contribution is -0.384. The van der Waals surface area contributed by atoms with Crippen LogP contribution in [0.4, 0.5) is 11.4 Å². The zero-order valence-corrected chi connectivity index (χ0v) is 12.1. The summed E-state index contributed by atoms with van der Waals surface area (Å²) in [5, 5.41) is 14.2. The van der Waals surface area contributed by atoms with E-state index in [9.17, 15) is 10.1 Å². The molecule has 5 heteroatoms. The highest BCUT2D eigenvalue weighted by molar-refractivity contribution is 6.33. The van der Waals surface area contributed by atoms with E-state index in [4.69, 9.17) is 11.6 Å². The van der Waals surface area contributed by atoms with Crippen LogP contribution in [-0.2, 0) is 6.54 Å². The zero-order valence-electron chi connectivity index (χ0n) is 11.3. The molecule has 2 rings (SSSR count). The molecule has 104 valence electrons. The van der Waals surface area contributed by atoms with Crippen molar-refractivity contribution in [2.24, 2.45) is 0 Å². The molecule has 0 heterocycles. The number of rotatable bonds is 4. The number of nitrogens with zero attached hydrogens (tertiary/aromatic N) is 1. The minimum absolute atomic E-state index is 0.0643. The third kappa shape index (κ3) is 3.08. The van der Waals surface area contributed by atoms with Gasteiger partial charge >= 0.3 is 0 Å². The highest BCUT2D eigenvalue weighted by Gasteiger charge is 2.14. The van der Waals surface area contributed by atoms with E-state index in [-0.39, 0.29) is 10.7 Å². The van der Waals surface area contributed by atoms with Gasteiger partial charge in [0, 0.05) is 18.3 Å². The SMILES string of the molecule is Cc1ccccc1CNc1cc(Cl)c([N+](=O)[O-])cc1C. The molecule has 4 nitrogen and oxygen atoms in total. The quantitative estimate of drug-likeness (QED) is 0.667. The van der Waals surface area contributed by atoms with Gasteiger partial charge in [-0.05, 0) is 36.6 Å². The fraction of sp³-hybridized carbons (Fsp3) is 0.200. The number of benzene rings is 2. The lowest BCUT2D eigenvalue weighted by Gasteiger charge is -2.12. The predicted molar refractivity (Wildman–Crippen MR) is 81.3 cm³/mol. The van der Waals surface area contributed by atoms with Crippen LogP contribution >= 0.6 is 11.6 Å². The number of nitro benzene ring substituents is 1. The Morgan fingerprint density at radius 1 is 1.20 bits per heavy atom. The van der Waals surface area contributed by atoms with Gasteiger partial charge in [0.05, 0.1) is 4.92 Å². The van der Waals surface area contributed by atoms with E-state index in [1.54, 1.807) is 6.07 Å². The van der Waals surface area contributed by atoms with Gasteiger partial charge in [-0.1, -0.05) is 35.9 Å². The first kappa shape index (κ1) is 14.3. The first-order chi connectivity index (χ1) is 9.49. The molecule has 0 aliphatic rings. The van der Waals surface area contributed by atoms with Crippen molar-refractivity contribution >= 4 is 23.0 Å². The van der Waals surface area contributed by atoms with Gasteiger partial charge in [-0.25, -0.2) is 0 Å². The second kappa shape index (κ2) is 5.92. The van der Waals surface area contributed by atoms with Crippen LogP contribution in [0.15, 0.2) is 36.4 Å². The van der Waals surface area contributed by atoms with Gasteiger partial charge in [-0.3, -0.25) is 10.1 Å². The standard InChI is InChI=1S/C15H15ClN2O2/c1-10-5-3-4-6-12(10)9-17-14-8-13(16)15(18(19)20)7-11(14)2/h3-8,17H,9H2,1-2H3. The molecule has 0 saturated heterocycles. The van der Waals surface area contributed by atoms with Crippen molar-refractivity contribution in [1.82, 2.24) is 0 Å². The first-order valence-corrected chi connectivity index (χ1v) is 6.59. The van der Waals surface area contributed by atoms with E-state index in [0.717, 1.165) is 11.3 Å². The number of anilines is 1. The van der Waals surface area contributed by atoms with Crippen LogP contribution in [0.5, 0.6) is 0 Å². The number of hydrogen-bond donors (Lipinski definition) is 1. The average molecular weight is 291 g/mol. The third-order valence-corrected chi connectivity index (χ3v) is 3.52. The minimum Gasteiger partial charge on any atom is -0.381 e. The van der Waals surface area contributed by atoms with Crippen molar-refractivity contribution in [3.63, 3.8) is 0 Å². The molecule has 0 aliphatic carbocycles. The minimum atomic E-state index is -0.472. The Kier molecular flexibility index (Phi) is 4.25. The molecule has 2 aromatic rings. The largest absolute Gasteiger partial charge is 0.381 e. The van der Waals surface area contributed by atoms with Gasteiger partial charge in [-0.15, -0.1) is 0 Å². The molecule has 0 saturated carbocycles. The normalized spacial score (nSPS) is 10.3. The Hall–Kier alpha value is -2.07. The molecular weight excluding hydrogens is 276 g/mol. The number of halogens is 1. The molecule has 20 heavy (non-hydrogen) atoms. The Labute approximate surface area is 122 Å². The highest BCUT2D eigenvalue weighted by atomic mass is 35.5. The summed E-state index contributed by atoms with van der Waals surface area (Å²) >= 11 is 5.93. The van der Waals surface area contributed by atoms with E-state index < -0.39 is 4.92 Å². The number of nitrogens with one attached hydrogen (secondary N) is 1. The molecule has 0 atom stereocenters. The molecule has 0 aliphatic heterocycles. The maximum absolute atomic E-state index is 10.8. The molecule has 0 bridgehead atoms. The van der Waals surface area contributed by atoms with Crippen LogP contribution in [0, 0.1) is 24.0 Å². The maximum Gasteiger partial charge on any atom is 0.288 e. The van der Waals surface area contributed by atoms with E-state index in [1.165, 1.54) is 17.2 Å². The first-order valence-electron chi connectivity index (χ1n) is 6.22. The van der Waals surface area contributed by atoms with Gasteiger partial charge < -0.3 is 5.32 Å². The molecular formula is C15H15ClN2O2. The van der Waals surface area contributed by atoms with Crippen molar-refractivity contribution in [3.05, 3.63) is 68.2 Å². The zero-order chi connectivity index (χ0) is 14.7. The van der Waals surface area contributed by atoms with Crippen LogP contribution in [0.1, 0.15) is 16.7 Å². The highest BCUT2D eigenvalue weighted by Crippen LogP contribution is 2.30. The Bertz CT molecular complexity index is 656.